The SMILES string of the molecule is COC(=O)c1cc(OC)cc2oc(C3CCCC3)cc12. The maximum atomic E-state index is 11.9. The number of esters is 1. The van der Waals surface area contributed by atoms with E-state index < -0.39 is 0 Å². The van der Waals surface area contributed by atoms with Crippen LogP contribution in [-0.4, -0.2) is 20.2 Å². The van der Waals surface area contributed by atoms with Gasteiger partial charge in [-0.2, -0.15) is 0 Å². The molecule has 3 rings (SSSR count). The Hall–Kier alpha value is -1.97. The van der Waals surface area contributed by atoms with Crippen LogP contribution in [0.25, 0.3) is 11.0 Å². The molecule has 0 atom stereocenters. The molecule has 0 radical (unpaired) electrons. The van der Waals surface area contributed by atoms with E-state index in [4.69, 9.17) is 13.9 Å². The fourth-order valence-corrected chi connectivity index (χ4v) is 2.94. The van der Waals surface area contributed by atoms with Crippen LogP contribution in [-0.2, 0) is 4.74 Å². The average molecular weight is 274 g/mol. The van der Waals surface area contributed by atoms with Crippen molar-refractivity contribution in [2.45, 2.75) is 31.6 Å². The summed E-state index contributed by atoms with van der Waals surface area (Å²) < 4.78 is 16.0. The average Bonchev–Trinajstić information content (AvgIpc) is 3.13. The molecule has 0 aliphatic heterocycles. The number of hydrogen-bond acceptors (Lipinski definition) is 4. The van der Waals surface area contributed by atoms with Crippen molar-refractivity contribution in [2.24, 2.45) is 0 Å². The number of rotatable bonds is 3. The number of fused-ring (bicyclic) bond motifs is 1. The van der Waals surface area contributed by atoms with Gasteiger partial charge in [-0.1, -0.05) is 12.8 Å². The summed E-state index contributed by atoms with van der Waals surface area (Å²) in [4.78, 5) is 11.9. The zero-order chi connectivity index (χ0) is 14.1. The van der Waals surface area contributed by atoms with Crippen molar-refractivity contribution in [3.63, 3.8) is 0 Å². The molecule has 1 heterocycles. The molecule has 0 bridgehead atoms. The molecule has 0 unspecified atom stereocenters. The molecule has 20 heavy (non-hydrogen) atoms. The van der Waals surface area contributed by atoms with Gasteiger partial charge in [0, 0.05) is 17.4 Å². The summed E-state index contributed by atoms with van der Waals surface area (Å²) in [5, 5.41) is 0.805. The summed E-state index contributed by atoms with van der Waals surface area (Å²) in [6, 6.07) is 5.50. The number of benzene rings is 1. The minimum atomic E-state index is -0.368. The van der Waals surface area contributed by atoms with Gasteiger partial charge < -0.3 is 13.9 Å². The molecular formula is C16H18O4. The van der Waals surface area contributed by atoms with E-state index in [1.54, 1.807) is 13.2 Å². The number of carbonyl (C=O) groups excluding carboxylic acids is 1. The van der Waals surface area contributed by atoms with Crippen LogP contribution in [0.3, 0.4) is 0 Å². The van der Waals surface area contributed by atoms with Gasteiger partial charge in [0.25, 0.3) is 0 Å². The molecule has 1 aliphatic rings. The van der Waals surface area contributed by atoms with Crippen LogP contribution in [0.4, 0.5) is 0 Å². The Morgan fingerprint density at radius 1 is 1.20 bits per heavy atom. The zero-order valence-corrected chi connectivity index (χ0v) is 11.8. The van der Waals surface area contributed by atoms with Gasteiger partial charge >= 0.3 is 5.97 Å². The topological polar surface area (TPSA) is 48.7 Å². The van der Waals surface area contributed by atoms with E-state index in [1.165, 1.54) is 20.0 Å². The van der Waals surface area contributed by atoms with Crippen LogP contribution in [0, 0.1) is 0 Å². The van der Waals surface area contributed by atoms with E-state index >= 15 is 0 Å². The number of carbonyl (C=O) groups is 1. The highest BCUT2D eigenvalue weighted by atomic mass is 16.5. The molecule has 1 saturated carbocycles. The first kappa shape index (κ1) is 13.0. The minimum absolute atomic E-state index is 0.368. The highest BCUT2D eigenvalue weighted by molar-refractivity contribution is 6.04. The van der Waals surface area contributed by atoms with Crippen molar-refractivity contribution in [1.82, 2.24) is 0 Å². The molecule has 106 valence electrons. The van der Waals surface area contributed by atoms with E-state index in [0.29, 0.717) is 22.8 Å². The maximum Gasteiger partial charge on any atom is 0.338 e. The van der Waals surface area contributed by atoms with E-state index in [2.05, 4.69) is 0 Å². The molecular weight excluding hydrogens is 256 g/mol. The lowest BCUT2D eigenvalue weighted by molar-refractivity contribution is 0.0602. The molecule has 0 N–H and O–H groups in total. The van der Waals surface area contributed by atoms with E-state index in [9.17, 15) is 4.79 Å². The van der Waals surface area contributed by atoms with Crippen molar-refractivity contribution in [2.75, 3.05) is 14.2 Å². The second-order valence-corrected chi connectivity index (χ2v) is 5.21. The first-order chi connectivity index (χ1) is 9.72. The van der Waals surface area contributed by atoms with E-state index in [1.807, 2.05) is 12.1 Å². The van der Waals surface area contributed by atoms with Crippen LogP contribution >= 0.6 is 0 Å². The fraction of sp³-hybridized carbons (Fsp3) is 0.438. The highest BCUT2D eigenvalue weighted by Crippen LogP contribution is 2.38. The zero-order valence-electron chi connectivity index (χ0n) is 11.8. The molecule has 1 fully saturated rings. The lowest BCUT2D eigenvalue weighted by atomic mass is 10.0. The van der Waals surface area contributed by atoms with Crippen molar-refractivity contribution in [1.29, 1.82) is 0 Å². The predicted octanol–water partition coefficient (Wildman–Crippen LogP) is 3.89. The normalized spacial score (nSPS) is 15.7. The Balaban J connectivity index is 2.13. The Kier molecular flexibility index (Phi) is 3.38. The van der Waals surface area contributed by atoms with Crippen LogP contribution in [0.1, 0.15) is 47.7 Å². The van der Waals surface area contributed by atoms with Gasteiger partial charge in [-0.3, -0.25) is 0 Å². The molecule has 4 nitrogen and oxygen atoms in total. The molecule has 0 amide bonds. The fourth-order valence-electron chi connectivity index (χ4n) is 2.94. The Morgan fingerprint density at radius 2 is 1.95 bits per heavy atom. The summed E-state index contributed by atoms with van der Waals surface area (Å²) in [5.41, 5.74) is 1.18. The van der Waals surface area contributed by atoms with Gasteiger partial charge in [-0.15, -0.1) is 0 Å². The Labute approximate surface area is 117 Å². The second-order valence-electron chi connectivity index (χ2n) is 5.21. The standard InChI is InChI=1S/C16H18O4/c1-18-11-7-13(16(17)19-2)12-9-14(20-15(12)8-11)10-5-3-4-6-10/h7-10H,3-6H2,1-2H3. The van der Waals surface area contributed by atoms with Crippen LogP contribution in [0.5, 0.6) is 5.75 Å². The number of methoxy groups -OCH3 is 2. The van der Waals surface area contributed by atoms with Gasteiger partial charge in [-0.25, -0.2) is 4.79 Å². The lowest BCUT2D eigenvalue weighted by Crippen LogP contribution is -2.02. The van der Waals surface area contributed by atoms with Crippen molar-refractivity contribution in [3.8, 4) is 5.75 Å². The minimum Gasteiger partial charge on any atom is -0.497 e. The summed E-state index contributed by atoms with van der Waals surface area (Å²) in [6.45, 7) is 0. The lowest BCUT2D eigenvalue weighted by Gasteiger charge is -2.04. The van der Waals surface area contributed by atoms with Crippen LogP contribution in [0.15, 0.2) is 22.6 Å². The second kappa shape index (κ2) is 5.19. The predicted molar refractivity (Wildman–Crippen MR) is 75.3 cm³/mol. The van der Waals surface area contributed by atoms with Crippen LogP contribution in [0.2, 0.25) is 0 Å². The van der Waals surface area contributed by atoms with Crippen LogP contribution < -0.4 is 4.74 Å². The molecule has 4 heteroatoms. The van der Waals surface area contributed by atoms with Gasteiger partial charge in [-0.05, 0) is 25.0 Å². The highest BCUT2D eigenvalue weighted by Gasteiger charge is 2.23. The molecule has 1 aromatic carbocycles. The first-order valence-electron chi connectivity index (χ1n) is 6.92. The summed E-state index contributed by atoms with van der Waals surface area (Å²) >= 11 is 0. The third-order valence-corrected chi connectivity index (χ3v) is 4.03. The molecule has 2 aromatic rings. The number of furan rings is 1. The van der Waals surface area contributed by atoms with Crippen molar-refractivity contribution in [3.05, 3.63) is 29.5 Å². The Morgan fingerprint density at radius 3 is 2.60 bits per heavy atom. The summed E-state index contributed by atoms with van der Waals surface area (Å²) in [6.07, 6.45) is 4.80. The maximum absolute atomic E-state index is 11.9. The number of hydrogen-bond donors (Lipinski definition) is 0. The van der Waals surface area contributed by atoms with Gasteiger partial charge in [0.1, 0.15) is 17.1 Å². The smallest absolute Gasteiger partial charge is 0.338 e. The monoisotopic (exact) mass is 274 g/mol. The van der Waals surface area contributed by atoms with Gasteiger partial charge in [0.2, 0.25) is 0 Å². The number of ether oxygens (including phenoxy) is 2. The molecule has 1 aliphatic carbocycles. The first-order valence-corrected chi connectivity index (χ1v) is 6.92. The van der Waals surface area contributed by atoms with E-state index in [0.717, 1.165) is 24.0 Å². The van der Waals surface area contributed by atoms with E-state index in [-0.39, 0.29) is 5.97 Å². The quantitative estimate of drug-likeness (QED) is 0.797. The third kappa shape index (κ3) is 2.15. The largest absolute Gasteiger partial charge is 0.497 e. The summed E-state index contributed by atoms with van der Waals surface area (Å²) in [5.74, 6) is 1.67. The van der Waals surface area contributed by atoms with Gasteiger partial charge in [0.05, 0.1) is 19.8 Å². The summed E-state index contributed by atoms with van der Waals surface area (Å²) in [7, 11) is 2.95. The van der Waals surface area contributed by atoms with Crippen molar-refractivity contribution >= 4 is 16.9 Å². The molecule has 0 saturated heterocycles. The molecule has 1 aromatic heterocycles. The Bertz CT molecular complexity index is 635. The van der Waals surface area contributed by atoms with Gasteiger partial charge in [0.15, 0.2) is 0 Å². The third-order valence-electron chi connectivity index (χ3n) is 4.03. The van der Waals surface area contributed by atoms with Crippen molar-refractivity contribution < 1.29 is 18.7 Å². The molecule has 0 spiro atoms.